The van der Waals surface area contributed by atoms with Crippen LogP contribution in [0.3, 0.4) is 0 Å². The van der Waals surface area contributed by atoms with Gasteiger partial charge in [0.15, 0.2) is 0 Å². The molecule has 8 heteroatoms. The number of rotatable bonds is 5. The van der Waals surface area contributed by atoms with E-state index < -0.39 is 18.1 Å². The van der Waals surface area contributed by atoms with E-state index in [1.54, 1.807) is 0 Å². The largest absolute Gasteiger partial charge is 0.480 e. The molecule has 1 aliphatic heterocycles. The van der Waals surface area contributed by atoms with Gasteiger partial charge in [0.05, 0.1) is 5.88 Å². The molecule has 0 bridgehead atoms. The first-order valence-corrected chi connectivity index (χ1v) is 12.4. The molecule has 2 aromatic rings. The molecule has 1 saturated carbocycles. The van der Waals surface area contributed by atoms with Gasteiger partial charge in [0.1, 0.15) is 12.6 Å². The van der Waals surface area contributed by atoms with Crippen molar-refractivity contribution in [2.75, 3.05) is 18.2 Å². The maximum Gasteiger partial charge on any atom is 0.407 e. The van der Waals surface area contributed by atoms with Crippen molar-refractivity contribution in [2.24, 2.45) is 5.92 Å². The maximum atomic E-state index is 12.8. The Morgan fingerprint density at radius 1 is 1.03 bits per heavy atom. The molecule has 2 aromatic carbocycles. The van der Waals surface area contributed by atoms with Crippen molar-refractivity contribution in [2.45, 2.75) is 37.3 Å². The van der Waals surface area contributed by atoms with Gasteiger partial charge < -0.3 is 20.1 Å². The third kappa shape index (κ3) is 4.19. The number of carboxylic acid groups (broad SMARTS) is 1. The van der Waals surface area contributed by atoms with Crippen molar-refractivity contribution in [3.8, 4) is 11.1 Å². The van der Waals surface area contributed by atoms with Crippen LogP contribution in [-0.2, 0) is 14.3 Å². The number of ether oxygens (including phenoxy) is 1. The van der Waals surface area contributed by atoms with E-state index in [-0.39, 0.29) is 30.4 Å². The summed E-state index contributed by atoms with van der Waals surface area (Å²) in [6.45, 7) is 0.250. The van der Waals surface area contributed by atoms with Gasteiger partial charge in [-0.3, -0.25) is 4.79 Å². The van der Waals surface area contributed by atoms with Crippen LogP contribution in [0.5, 0.6) is 0 Å². The molecule has 7 nitrogen and oxygen atoms in total. The third-order valence-corrected chi connectivity index (χ3v) is 7.91. The molecule has 5 rings (SSSR count). The van der Waals surface area contributed by atoms with E-state index in [4.69, 9.17) is 4.74 Å². The first kappa shape index (κ1) is 21.8. The standard InChI is InChI=1S/C25H26N2O5S/c28-23(27-14-33-13-22(27)24(29)30)15-9-10-16(11-15)26-25(31)32-12-21-19-7-3-1-5-17(19)18-6-2-4-8-20(18)21/h1-8,15-16,21-22H,9-14H2,(H,26,31)(H,29,30). The summed E-state index contributed by atoms with van der Waals surface area (Å²) in [7, 11) is 0. The van der Waals surface area contributed by atoms with Gasteiger partial charge in [0.25, 0.3) is 0 Å². The number of alkyl carbamates (subject to hydrolysis) is 1. The highest BCUT2D eigenvalue weighted by atomic mass is 32.2. The topological polar surface area (TPSA) is 95.9 Å². The lowest BCUT2D eigenvalue weighted by atomic mass is 9.98. The highest BCUT2D eigenvalue weighted by Crippen LogP contribution is 2.44. The molecule has 0 radical (unpaired) electrons. The maximum absolute atomic E-state index is 12.8. The van der Waals surface area contributed by atoms with E-state index in [9.17, 15) is 19.5 Å². The van der Waals surface area contributed by atoms with Gasteiger partial charge in [-0.2, -0.15) is 0 Å². The molecule has 172 valence electrons. The second-order valence-corrected chi connectivity index (χ2v) is 9.84. The predicted octanol–water partition coefficient (Wildman–Crippen LogP) is 3.68. The van der Waals surface area contributed by atoms with E-state index >= 15 is 0 Å². The van der Waals surface area contributed by atoms with E-state index in [0.29, 0.717) is 30.9 Å². The van der Waals surface area contributed by atoms with Crippen molar-refractivity contribution in [3.05, 3.63) is 59.7 Å². The second-order valence-electron chi connectivity index (χ2n) is 8.84. The van der Waals surface area contributed by atoms with Crippen molar-refractivity contribution in [1.82, 2.24) is 10.2 Å². The molecular weight excluding hydrogens is 440 g/mol. The van der Waals surface area contributed by atoms with Crippen LogP contribution in [0.15, 0.2) is 48.5 Å². The summed E-state index contributed by atoms with van der Waals surface area (Å²) >= 11 is 1.46. The van der Waals surface area contributed by atoms with Crippen LogP contribution in [0.2, 0.25) is 0 Å². The highest BCUT2D eigenvalue weighted by Gasteiger charge is 2.40. The fourth-order valence-corrected chi connectivity index (χ4v) is 6.40. The number of aliphatic carboxylic acids is 1. The highest BCUT2D eigenvalue weighted by molar-refractivity contribution is 7.99. The van der Waals surface area contributed by atoms with E-state index in [1.165, 1.54) is 27.8 Å². The molecule has 1 saturated heterocycles. The zero-order valence-corrected chi connectivity index (χ0v) is 18.9. The number of nitrogens with one attached hydrogen (secondary N) is 1. The Hall–Kier alpha value is -3.00. The fraction of sp³-hybridized carbons (Fsp3) is 0.400. The summed E-state index contributed by atoms with van der Waals surface area (Å²) in [5, 5.41) is 12.2. The summed E-state index contributed by atoms with van der Waals surface area (Å²) in [6.07, 6.45) is 1.35. The first-order valence-electron chi connectivity index (χ1n) is 11.3. The Morgan fingerprint density at radius 2 is 1.70 bits per heavy atom. The number of carbonyl (C=O) groups excluding carboxylic acids is 2. The average molecular weight is 467 g/mol. The Morgan fingerprint density at radius 3 is 2.36 bits per heavy atom. The molecule has 3 unspecified atom stereocenters. The molecule has 2 amide bonds. The summed E-state index contributed by atoms with van der Waals surface area (Å²) in [4.78, 5) is 38.2. The summed E-state index contributed by atoms with van der Waals surface area (Å²) < 4.78 is 5.62. The third-order valence-electron chi connectivity index (χ3n) is 6.90. The van der Waals surface area contributed by atoms with Crippen molar-refractivity contribution >= 4 is 29.7 Å². The Labute approximate surface area is 196 Å². The van der Waals surface area contributed by atoms with Gasteiger partial charge >= 0.3 is 12.1 Å². The Balaban J connectivity index is 1.16. The Kier molecular flexibility index (Phi) is 6.01. The number of fused-ring (bicyclic) bond motifs is 3. The monoisotopic (exact) mass is 466 g/mol. The van der Waals surface area contributed by atoms with Crippen LogP contribution in [0.25, 0.3) is 11.1 Å². The number of hydrogen-bond acceptors (Lipinski definition) is 5. The van der Waals surface area contributed by atoms with Crippen LogP contribution in [0.4, 0.5) is 4.79 Å². The number of benzene rings is 2. The minimum Gasteiger partial charge on any atom is -0.480 e. The number of nitrogens with zero attached hydrogens (tertiary/aromatic N) is 1. The van der Waals surface area contributed by atoms with Crippen LogP contribution >= 0.6 is 11.8 Å². The number of carbonyl (C=O) groups is 3. The lowest BCUT2D eigenvalue weighted by molar-refractivity contribution is -0.149. The molecular formula is C25H26N2O5S. The molecule has 3 aliphatic rings. The molecule has 1 heterocycles. The molecule has 2 fully saturated rings. The van der Waals surface area contributed by atoms with Crippen molar-refractivity contribution in [3.63, 3.8) is 0 Å². The number of hydrogen-bond donors (Lipinski definition) is 2. The lowest BCUT2D eigenvalue weighted by Gasteiger charge is -2.24. The van der Waals surface area contributed by atoms with Crippen LogP contribution in [0, 0.1) is 5.92 Å². The fourth-order valence-electron chi connectivity index (χ4n) is 5.24. The quantitative estimate of drug-likeness (QED) is 0.698. The van der Waals surface area contributed by atoms with Gasteiger partial charge in [-0.1, -0.05) is 48.5 Å². The normalized spacial score (nSPS) is 23.8. The van der Waals surface area contributed by atoms with Crippen molar-refractivity contribution < 1.29 is 24.2 Å². The molecule has 2 N–H and O–H groups in total. The van der Waals surface area contributed by atoms with Crippen molar-refractivity contribution in [1.29, 1.82) is 0 Å². The van der Waals surface area contributed by atoms with E-state index in [0.717, 1.165) is 11.1 Å². The zero-order chi connectivity index (χ0) is 22.9. The SMILES string of the molecule is O=C(NC1CCC(C(=O)N2CSCC2C(=O)O)C1)OCC1c2ccccc2-c2ccccc21. The lowest BCUT2D eigenvalue weighted by Crippen LogP contribution is -2.44. The second kappa shape index (κ2) is 9.09. The van der Waals surface area contributed by atoms with Gasteiger partial charge in [0, 0.05) is 23.6 Å². The summed E-state index contributed by atoms with van der Waals surface area (Å²) in [5.41, 5.74) is 4.68. The van der Waals surface area contributed by atoms with Crippen LogP contribution < -0.4 is 5.32 Å². The number of amides is 2. The van der Waals surface area contributed by atoms with E-state index in [1.807, 2.05) is 24.3 Å². The number of thioether (sulfide) groups is 1. The van der Waals surface area contributed by atoms with Gasteiger partial charge in [-0.15, -0.1) is 11.8 Å². The molecule has 33 heavy (non-hydrogen) atoms. The van der Waals surface area contributed by atoms with Crippen LogP contribution in [0.1, 0.15) is 36.3 Å². The smallest absolute Gasteiger partial charge is 0.407 e. The minimum absolute atomic E-state index is 0.00155. The molecule has 2 aliphatic carbocycles. The van der Waals surface area contributed by atoms with Gasteiger partial charge in [-0.25, -0.2) is 9.59 Å². The zero-order valence-electron chi connectivity index (χ0n) is 18.1. The molecule has 0 spiro atoms. The summed E-state index contributed by atoms with van der Waals surface area (Å²) in [5.74, 6) is -0.499. The van der Waals surface area contributed by atoms with Crippen LogP contribution in [-0.4, -0.2) is 58.3 Å². The number of carboxylic acids is 1. The van der Waals surface area contributed by atoms with Gasteiger partial charge in [0.2, 0.25) is 5.91 Å². The first-order chi connectivity index (χ1) is 16.0. The minimum atomic E-state index is -0.959. The molecule has 3 atom stereocenters. The summed E-state index contributed by atoms with van der Waals surface area (Å²) in [6, 6.07) is 15.5. The van der Waals surface area contributed by atoms with E-state index in [2.05, 4.69) is 29.6 Å². The predicted molar refractivity (Wildman–Crippen MR) is 125 cm³/mol. The van der Waals surface area contributed by atoms with Gasteiger partial charge in [-0.05, 0) is 41.5 Å². The Bertz CT molecular complexity index is 1040. The molecule has 0 aromatic heterocycles. The average Bonchev–Trinajstić information content (AvgIpc) is 3.55.